The lowest BCUT2D eigenvalue weighted by Gasteiger charge is -2.10. The molecule has 1 amide bonds. The van der Waals surface area contributed by atoms with Crippen LogP contribution in [0.4, 0.5) is 5.82 Å². The summed E-state index contributed by atoms with van der Waals surface area (Å²) in [5.74, 6) is 0.784. The van der Waals surface area contributed by atoms with Crippen LogP contribution in [-0.4, -0.2) is 29.0 Å². The van der Waals surface area contributed by atoms with Crippen LogP contribution in [-0.2, 0) is 0 Å². The molecule has 21 heavy (non-hydrogen) atoms. The number of nitrogens with zero attached hydrogens (tertiary/aromatic N) is 2. The summed E-state index contributed by atoms with van der Waals surface area (Å²) in [6, 6.07) is 5.43. The zero-order valence-electron chi connectivity index (χ0n) is 12.3. The fraction of sp³-hybridized carbons (Fsp3) is 0.400. The van der Waals surface area contributed by atoms with Crippen LogP contribution < -0.4 is 10.6 Å². The Balaban J connectivity index is 1.91. The number of rotatable bonds is 7. The van der Waals surface area contributed by atoms with Gasteiger partial charge in [0.25, 0.3) is 5.91 Å². The minimum atomic E-state index is -0.154. The summed E-state index contributed by atoms with van der Waals surface area (Å²) >= 11 is 1.60. The van der Waals surface area contributed by atoms with Gasteiger partial charge in [-0.05, 0) is 18.6 Å². The van der Waals surface area contributed by atoms with Crippen molar-refractivity contribution in [2.24, 2.45) is 0 Å². The molecule has 5 nitrogen and oxygen atoms in total. The predicted octanol–water partition coefficient (Wildman–Crippen LogP) is 2.89. The molecule has 1 unspecified atom stereocenters. The van der Waals surface area contributed by atoms with Crippen molar-refractivity contribution in [2.75, 3.05) is 18.4 Å². The Bertz CT molecular complexity index is 571. The monoisotopic (exact) mass is 304 g/mol. The lowest BCUT2D eigenvalue weighted by atomic mass is 10.2. The van der Waals surface area contributed by atoms with E-state index in [1.165, 1.54) is 0 Å². The van der Waals surface area contributed by atoms with E-state index in [0.717, 1.165) is 23.8 Å². The second kappa shape index (κ2) is 7.73. The minimum Gasteiger partial charge on any atom is -0.370 e. The largest absolute Gasteiger partial charge is 0.370 e. The summed E-state index contributed by atoms with van der Waals surface area (Å²) in [4.78, 5) is 20.7. The molecule has 0 aliphatic heterocycles. The summed E-state index contributed by atoms with van der Waals surface area (Å²) < 4.78 is 0. The van der Waals surface area contributed by atoms with Crippen LogP contribution in [0.3, 0.4) is 0 Å². The van der Waals surface area contributed by atoms with Gasteiger partial charge in [0.05, 0.1) is 5.01 Å². The molecule has 0 saturated heterocycles. The quantitative estimate of drug-likeness (QED) is 0.825. The highest BCUT2D eigenvalue weighted by Crippen LogP contribution is 2.16. The van der Waals surface area contributed by atoms with E-state index in [2.05, 4.69) is 27.5 Å². The zero-order valence-corrected chi connectivity index (χ0v) is 13.1. The van der Waals surface area contributed by atoms with E-state index in [9.17, 15) is 4.79 Å². The molecule has 1 atom stereocenters. The van der Waals surface area contributed by atoms with E-state index in [0.29, 0.717) is 12.2 Å². The Morgan fingerprint density at radius 1 is 1.43 bits per heavy atom. The molecule has 0 fully saturated rings. The molecule has 2 N–H and O–H groups in total. The number of carbonyl (C=O) groups is 1. The molecule has 0 saturated carbocycles. The highest BCUT2D eigenvalue weighted by Gasteiger charge is 2.12. The van der Waals surface area contributed by atoms with Gasteiger partial charge in [-0.3, -0.25) is 4.79 Å². The van der Waals surface area contributed by atoms with Gasteiger partial charge in [-0.2, -0.15) is 0 Å². The maximum atomic E-state index is 12.1. The molecule has 0 radical (unpaired) electrons. The predicted molar refractivity (Wildman–Crippen MR) is 85.9 cm³/mol. The van der Waals surface area contributed by atoms with Gasteiger partial charge >= 0.3 is 0 Å². The van der Waals surface area contributed by atoms with E-state index in [4.69, 9.17) is 0 Å². The first-order chi connectivity index (χ1) is 10.2. The molecular formula is C15H20N4OS. The van der Waals surface area contributed by atoms with Crippen LogP contribution >= 0.6 is 11.3 Å². The first-order valence-corrected chi connectivity index (χ1v) is 7.97. The average Bonchev–Trinajstić information content (AvgIpc) is 3.05. The van der Waals surface area contributed by atoms with Crippen LogP contribution in [0.2, 0.25) is 0 Å². The highest BCUT2D eigenvalue weighted by atomic mass is 32.1. The number of anilines is 1. The minimum absolute atomic E-state index is 0.154. The SMILES string of the molecule is CCCNc1cccc(C(=O)NCC(C)c2nccs2)n1. The van der Waals surface area contributed by atoms with Crippen molar-refractivity contribution in [3.8, 4) is 0 Å². The molecule has 0 aliphatic rings. The average molecular weight is 304 g/mol. The molecular weight excluding hydrogens is 284 g/mol. The van der Waals surface area contributed by atoms with Gasteiger partial charge < -0.3 is 10.6 Å². The van der Waals surface area contributed by atoms with Crippen LogP contribution in [0.15, 0.2) is 29.8 Å². The maximum absolute atomic E-state index is 12.1. The molecule has 0 aliphatic carbocycles. The highest BCUT2D eigenvalue weighted by molar-refractivity contribution is 7.09. The fourth-order valence-electron chi connectivity index (χ4n) is 1.81. The number of carbonyl (C=O) groups excluding carboxylic acids is 1. The Labute approximate surface area is 128 Å². The van der Waals surface area contributed by atoms with Crippen molar-refractivity contribution < 1.29 is 4.79 Å². The first kappa shape index (κ1) is 15.4. The van der Waals surface area contributed by atoms with Crippen molar-refractivity contribution in [3.63, 3.8) is 0 Å². The van der Waals surface area contributed by atoms with Gasteiger partial charge in [0.15, 0.2) is 0 Å². The van der Waals surface area contributed by atoms with Gasteiger partial charge in [0, 0.05) is 30.6 Å². The van der Waals surface area contributed by atoms with Crippen molar-refractivity contribution >= 4 is 23.1 Å². The normalized spacial score (nSPS) is 11.9. The Kier molecular flexibility index (Phi) is 5.68. The molecule has 2 aromatic heterocycles. The third-order valence-corrected chi connectivity index (χ3v) is 3.99. The van der Waals surface area contributed by atoms with E-state index >= 15 is 0 Å². The van der Waals surface area contributed by atoms with Crippen molar-refractivity contribution in [1.29, 1.82) is 0 Å². The second-order valence-corrected chi connectivity index (χ2v) is 5.74. The van der Waals surface area contributed by atoms with Crippen LogP contribution in [0, 0.1) is 0 Å². The van der Waals surface area contributed by atoms with Gasteiger partial charge in [0.1, 0.15) is 11.5 Å². The van der Waals surface area contributed by atoms with Crippen LogP contribution in [0.25, 0.3) is 0 Å². The molecule has 2 aromatic rings. The number of aromatic nitrogens is 2. The third kappa shape index (κ3) is 4.53. The molecule has 2 rings (SSSR count). The molecule has 0 aromatic carbocycles. The van der Waals surface area contributed by atoms with E-state index in [-0.39, 0.29) is 11.8 Å². The molecule has 112 valence electrons. The third-order valence-electron chi connectivity index (χ3n) is 2.98. The van der Waals surface area contributed by atoms with Gasteiger partial charge in [-0.15, -0.1) is 11.3 Å². The standard InChI is InChI=1S/C15H20N4OS/c1-3-7-16-13-6-4-5-12(19-13)14(20)18-10-11(2)15-17-8-9-21-15/h4-6,8-9,11H,3,7,10H2,1-2H3,(H,16,19)(H,18,20). The molecule has 2 heterocycles. The Hall–Kier alpha value is -1.95. The van der Waals surface area contributed by atoms with E-state index < -0.39 is 0 Å². The lowest BCUT2D eigenvalue weighted by Crippen LogP contribution is -2.28. The Morgan fingerprint density at radius 2 is 2.29 bits per heavy atom. The van der Waals surface area contributed by atoms with Gasteiger partial charge in [-0.25, -0.2) is 9.97 Å². The number of hydrogen-bond acceptors (Lipinski definition) is 5. The first-order valence-electron chi connectivity index (χ1n) is 7.09. The summed E-state index contributed by atoms with van der Waals surface area (Å²) in [6.07, 6.45) is 2.80. The summed E-state index contributed by atoms with van der Waals surface area (Å²) in [7, 11) is 0. The fourth-order valence-corrected chi connectivity index (χ4v) is 2.51. The zero-order chi connectivity index (χ0) is 15.1. The summed E-state index contributed by atoms with van der Waals surface area (Å²) in [5.41, 5.74) is 0.433. The van der Waals surface area contributed by atoms with Gasteiger partial charge in [0.2, 0.25) is 0 Å². The molecule has 0 spiro atoms. The van der Waals surface area contributed by atoms with Crippen molar-refractivity contribution in [3.05, 3.63) is 40.5 Å². The summed E-state index contributed by atoms with van der Waals surface area (Å²) in [6.45, 7) is 5.54. The second-order valence-electron chi connectivity index (χ2n) is 4.82. The number of thiazole rings is 1. The summed E-state index contributed by atoms with van der Waals surface area (Å²) in [5, 5.41) is 9.06. The van der Waals surface area contributed by atoms with Crippen LogP contribution in [0.1, 0.15) is 41.7 Å². The lowest BCUT2D eigenvalue weighted by molar-refractivity contribution is 0.0947. The maximum Gasteiger partial charge on any atom is 0.269 e. The number of pyridine rings is 1. The van der Waals surface area contributed by atoms with Crippen molar-refractivity contribution in [1.82, 2.24) is 15.3 Å². The van der Waals surface area contributed by atoms with Crippen molar-refractivity contribution in [2.45, 2.75) is 26.2 Å². The molecule has 6 heteroatoms. The van der Waals surface area contributed by atoms with E-state index in [1.807, 2.05) is 24.4 Å². The smallest absolute Gasteiger partial charge is 0.269 e. The van der Waals surface area contributed by atoms with Crippen LogP contribution in [0.5, 0.6) is 0 Å². The number of amides is 1. The van der Waals surface area contributed by atoms with Gasteiger partial charge in [-0.1, -0.05) is 19.9 Å². The topological polar surface area (TPSA) is 66.9 Å². The van der Waals surface area contributed by atoms with E-state index in [1.54, 1.807) is 23.6 Å². The number of hydrogen-bond donors (Lipinski definition) is 2. The number of nitrogens with one attached hydrogen (secondary N) is 2. The molecule has 0 bridgehead atoms. The Morgan fingerprint density at radius 3 is 3.00 bits per heavy atom.